The Bertz CT molecular complexity index is 953. The largest absolute Gasteiger partial charge is 0.324 e. The summed E-state index contributed by atoms with van der Waals surface area (Å²) in [4.78, 5) is 28.6. The summed E-state index contributed by atoms with van der Waals surface area (Å²) in [7, 11) is 0. The SMILES string of the molecule is O=C(Cn1cnc2cc(Cl)ccc2c1=O)Nc1cccc(Cl)c1. The van der Waals surface area contributed by atoms with E-state index in [0.717, 1.165) is 0 Å². The van der Waals surface area contributed by atoms with Crippen LogP contribution in [0.3, 0.4) is 0 Å². The molecule has 3 aromatic rings. The van der Waals surface area contributed by atoms with Crippen LogP contribution in [0.15, 0.2) is 53.6 Å². The molecule has 0 aliphatic heterocycles. The van der Waals surface area contributed by atoms with Gasteiger partial charge in [0, 0.05) is 15.7 Å². The molecule has 0 fully saturated rings. The van der Waals surface area contributed by atoms with E-state index in [1.807, 2.05) is 0 Å². The van der Waals surface area contributed by atoms with Gasteiger partial charge in [-0.25, -0.2) is 4.98 Å². The Balaban J connectivity index is 1.84. The molecule has 0 bridgehead atoms. The maximum Gasteiger partial charge on any atom is 0.261 e. The summed E-state index contributed by atoms with van der Waals surface area (Å²) in [6.07, 6.45) is 1.33. The summed E-state index contributed by atoms with van der Waals surface area (Å²) >= 11 is 11.7. The van der Waals surface area contributed by atoms with Gasteiger partial charge in [0.05, 0.1) is 17.2 Å². The molecule has 5 nitrogen and oxygen atoms in total. The van der Waals surface area contributed by atoms with Crippen molar-refractivity contribution in [3.05, 3.63) is 69.2 Å². The van der Waals surface area contributed by atoms with Crippen LogP contribution in [0.1, 0.15) is 0 Å². The zero-order valence-electron chi connectivity index (χ0n) is 11.8. The minimum absolute atomic E-state index is 0.142. The van der Waals surface area contributed by atoms with Gasteiger partial charge in [-0.2, -0.15) is 0 Å². The molecule has 0 unspecified atom stereocenters. The van der Waals surface area contributed by atoms with Crippen molar-refractivity contribution in [1.29, 1.82) is 0 Å². The van der Waals surface area contributed by atoms with Crippen LogP contribution in [0.25, 0.3) is 10.9 Å². The highest BCUT2D eigenvalue weighted by molar-refractivity contribution is 6.31. The molecule has 1 aromatic heterocycles. The van der Waals surface area contributed by atoms with Gasteiger partial charge in [-0.3, -0.25) is 14.2 Å². The monoisotopic (exact) mass is 347 g/mol. The van der Waals surface area contributed by atoms with Crippen molar-refractivity contribution in [1.82, 2.24) is 9.55 Å². The summed E-state index contributed by atoms with van der Waals surface area (Å²) < 4.78 is 1.25. The predicted molar refractivity (Wildman–Crippen MR) is 91.1 cm³/mol. The number of carbonyl (C=O) groups excluding carboxylic acids is 1. The molecule has 2 aromatic carbocycles. The minimum atomic E-state index is -0.343. The molecular formula is C16H11Cl2N3O2. The Labute approximate surface area is 141 Å². The molecule has 1 heterocycles. The van der Waals surface area contributed by atoms with Crippen LogP contribution in [0.2, 0.25) is 10.0 Å². The molecule has 3 rings (SSSR count). The number of nitrogens with zero attached hydrogens (tertiary/aromatic N) is 2. The number of aromatic nitrogens is 2. The van der Waals surface area contributed by atoms with Gasteiger partial charge in [0.2, 0.25) is 5.91 Å². The zero-order valence-corrected chi connectivity index (χ0v) is 13.3. The summed E-state index contributed by atoms with van der Waals surface area (Å²) in [6, 6.07) is 11.6. The first kappa shape index (κ1) is 15.5. The third-order valence-corrected chi connectivity index (χ3v) is 3.68. The highest BCUT2D eigenvalue weighted by Gasteiger charge is 2.09. The fraction of sp³-hybridized carbons (Fsp3) is 0.0625. The number of carbonyl (C=O) groups is 1. The predicted octanol–water partition coefficient (Wildman–Crippen LogP) is 3.34. The van der Waals surface area contributed by atoms with Gasteiger partial charge in [0.25, 0.3) is 5.56 Å². The number of hydrogen-bond donors (Lipinski definition) is 1. The van der Waals surface area contributed by atoms with Crippen LogP contribution < -0.4 is 10.9 Å². The molecule has 1 N–H and O–H groups in total. The van der Waals surface area contributed by atoms with Crippen LogP contribution in [0, 0.1) is 0 Å². The summed E-state index contributed by atoms with van der Waals surface area (Å²) in [6.45, 7) is -0.142. The molecule has 116 valence electrons. The lowest BCUT2D eigenvalue weighted by atomic mass is 10.2. The number of benzene rings is 2. The zero-order chi connectivity index (χ0) is 16.4. The molecule has 0 aliphatic carbocycles. The summed E-state index contributed by atoms with van der Waals surface area (Å²) in [5.74, 6) is -0.343. The lowest BCUT2D eigenvalue weighted by Crippen LogP contribution is -2.27. The van der Waals surface area contributed by atoms with Gasteiger partial charge in [0.1, 0.15) is 6.54 Å². The van der Waals surface area contributed by atoms with Crippen molar-refractivity contribution in [3.63, 3.8) is 0 Å². The maximum atomic E-state index is 12.4. The van der Waals surface area contributed by atoms with Crippen molar-refractivity contribution < 1.29 is 4.79 Å². The van der Waals surface area contributed by atoms with Crippen LogP contribution >= 0.6 is 23.2 Å². The van der Waals surface area contributed by atoms with Crippen LogP contribution in [-0.2, 0) is 11.3 Å². The van der Waals surface area contributed by atoms with E-state index in [1.54, 1.807) is 42.5 Å². The van der Waals surface area contributed by atoms with Crippen molar-refractivity contribution in [2.45, 2.75) is 6.54 Å². The van der Waals surface area contributed by atoms with Crippen LogP contribution in [0.4, 0.5) is 5.69 Å². The van der Waals surface area contributed by atoms with E-state index < -0.39 is 0 Å². The average molecular weight is 348 g/mol. The summed E-state index contributed by atoms with van der Waals surface area (Å²) in [5, 5.41) is 4.11. The van der Waals surface area contributed by atoms with Gasteiger partial charge in [-0.15, -0.1) is 0 Å². The smallest absolute Gasteiger partial charge is 0.261 e. The normalized spacial score (nSPS) is 10.7. The Hall–Kier alpha value is -2.37. The number of nitrogens with one attached hydrogen (secondary N) is 1. The maximum absolute atomic E-state index is 12.4. The molecular weight excluding hydrogens is 337 g/mol. The molecule has 0 saturated carbocycles. The Morgan fingerprint density at radius 1 is 1.13 bits per heavy atom. The molecule has 1 amide bonds. The van der Waals surface area contributed by atoms with E-state index >= 15 is 0 Å². The Morgan fingerprint density at radius 3 is 2.70 bits per heavy atom. The molecule has 0 atom stereocenters. The van der Waals surface area contributed by atoms with Crippen molar-refractivity contribution >= 4 is 45.7 Å². The van der Waals surface area contributed by atoms with E-state index in [9.17, 15) is 9.59 Å². The highest BCUT2D eigenvalue weighted by Crippen LogP contribution is 2.15. The standard InChI is InChI=1S/C16H11Cl2N3O2/c17-10-2-1-3-12(6-10)20-15(22)8-21-9-19-14-7-11(18)4-5-13(14)16(21)23/h1-7,9H,8H2,(H,20,22). The molecule has 0 saturated heterocycles. The number of halogens is 2. The number of hydrogen-bond acceptors (Lipinski definition) is 3. The van der Waals surface area contributed by atoms with Crippen molar-refractivity contribution in [2.75, 3.05) is 5.32 Å². The molecule has 7 heteroatoms. The summed E-state index contributed by atoms with van der Waals surface area (Å²) in [5.41, 5.74) is 0.762. The van der Waals surface area contributed by atoms with Gasteiger partial charge in [-0.05, 0) is 36.4 Å². The first-order valence-corrected chi connectivity index (χ1v) is 7.48. The Kier molecular flexibility index (Phi) is 4.32. The third kappa shape index (κ3) is 3.52. The van der Waals surface area contributed by atoms with Crippen molar-refractivity contribution in [2.24, 2.45) is 0 Å². The number of fused-ring (bicyclic) bond motifs is 1. The van der Waals surface area contributed by atoms with E-state index in [0.29, 0.717) is 26.6 Å². The molecule has 0 aliphatic rings. The lowest BCUT2D eigenvalue weighted by molar-refractivity contribution is -0.116. The van der Waals surface area contributed by atoms with Crippen LogP contribution in [0.5, 0.6) is 0 Å². The first-order valence-electron chi connectivity index (χ1n) is 6.73. The number of anilines is 1. The van der Waals surface area contributed by atoms with E-state index in [-0.39, 0.29) is 18.0 Å². The average Bonchev–Trinajstić information content (AvgIpc) is 2.50. The van der Waals surface area contributed by atoms with Gasteiger partial charge < -0.3 is 5.32 Å². The fourth-order valence-electron chi connectivity index (χ4n) is 2.17. The quantitative estimate of drug-likeness (QED) is 0.790. The highest BCUT2D eigenvalue weighted by atomic mass is 35.5. The van der Waals surface area contributed by atoms with Gasteiger partial charge in [0.15, 0.2) is 0 Å². The van der Waals surface area contributed by atoms with Crippen molar-refractivity contribution in [3.8, 4) is 0 Å². The second-order valence-corrected chi connectivity index (χ2v) is 5.77. The molecule has 23 heavy (non-hydrogen) atoms. The number of amides is 1. The fourth-order valence-corrected chi connectivity index (χ4v) is 2.52. The van der Waals surface area contributed by atoms with E-state index in [1.165, 1.54) is 10.9 Å². The van der Waals surface area contributed by atoms with Crippen LogP contribution in [-0.4, -0.2) is 15.5 Å². The second-order valence-electron chi connectivity index (χ2n) is 4.90. The van der Waals surface area contributed by atoms with Gasteiger partial charge in [-0.1, -0.05) is 29.3 Å². The van der Waals surface area contributed by atoms with Gasteiger partial charge >= 0.3 is 0 Å². The topological polar surface area (TPSA) is 64.0 Å². The van der Waals surface area contributed by atoms with E-state index in [2.05, 4.69) is 10.3 Å². The molecule has 0 radical (unpaired) electrons. The van der Waals surface area contributed by atoms with E-state index in [4.69, 9.17) is 23.2 Å². The lowest BCUT2D eigenvalue weighted by Gasteiger charge is -2.08. The minimum Gasteiger partial charge on any atom is -0.324 e. The Morgan fingerprint density at radius 2 is 1.91 bits per heavy atom. The number of rotatable bonds is 3. The molecule has 0 spiro atoms. The third-order valence-electron chi connectivity index (χ3n) is 3.21. The second kappa shape index (κ2) is 6.40. The first-order chi connectivity index (χ1) is 11.0.